The predicted octanol–water partition coefficient (Wildman–Crippen LogP) is 5.28. The molecule has 0 aromatic heterocycles. The Morgan fingerprint density at radius 2 is 0.965 bits per heavy atom. The molecule has 2 fully saturated rings. The van der Waals surface area contributed by atoms with Crippen molar-refractivity contribution >= 4 is 29.8 Å². The van der Waals surface area contributed by atoms with E-state index in [1.54, 1.807) is 49.4 Å². The highest BCUT2D eigenvalue weighted by molar-refractivity contribution is 5.81. The van der Waals surface area contributed by atoms with E-state index < -0.39 is 17.9 Å². The van der Waals surface area contributed by atoms with Gasteiger partial charge in [0.2, 0.25) is 0 Å². The van der Waals surface area contributed by atoms with Crippen LogP contribution in [-0.2, 0) is 47.7 Å². The third kappa shape index (κ3) is 16.3. The van der Waals surface area contributed by atoms with E-state index in [0.29, 0.717) is 139 Å². The number of carbonyl (C=O) groups is 5. The molecule has 15 nitrogen and oxygen atoms in total. The number of aryl methyl sites for hydroxylation is 1. The second-order valence-electron chi connectivity index (χ2n) is 13.8. The number of carboxylic acids is 1. The van der Waals surface area contributed by atoms with Crippen LogP contribution in [-0.4, -0.2) is 101 Å². The summed E-state index contributed by atoms with van der Waals surface area (Å²) in [4.78, 5) is 60.6. The number of hydrogen-bond acceptors (Lipinski definition) is 14. The molecule has 1 N–H and O–H groups in total. The number of esters is 4. The molecule has 2 aromatic carbocycles. The highest BCUT2D eigenvalue weighted by Crippen LogP contribution is 2.34. The summed E-state index contributed by atoms with van der Waals surface area (Å²) in [7, 11) is 0. The molecule has 0 amide bonds. The van der Waals surface area contributed by atoms with E-state index in [-0.39, 0.29) is 42.3 Å². The van der Waals surface area contributed by atoms with Gasteiger partial charge in [-0.1, -0.05) is 6.58 Å². The van der Waals surface area contributed by atoms with Crippen molar-refractivity contribution in [2.45, 2.75) is 58.3 Å². The highest BCUT2D eigenvalue weighted by Gasteiger charge is 2.33. The number of rotatable bonds is 24. The van der Waals surface area contributed by atoms with E-state index >= 15 is 0 Å². The first-order chi connectivity index (χ1) is 27.6. The predicted molar refractivity (Wildman–Crippen MR) is 203 cm³/mol. The third-order valence-corrected chi connectivity index (χ3v) is 9.67. The van der Waals surface area contributed by atoms with Gasteiger partial charge >= 0.3 is 29.8 Å². The van der Waals surface area contributed by atoms with E-state index in [1.807, 2.05) is 0 Å². The van der Waals surface area contributed by atoms with Crippen LogP contribution in [0.5, 0.6) is 23.0 Å². The summed E-state index contributed by atoms with van der Waals surface area (Å²) < 4.78 is 49.0. The zero-order valence-electron chi connectivity index (χ0n) is 32.5. The van der Waals surface area contributed by atoms with Gasteiger partial charge in [-0.3, -0.25) is 19.2 Å². The lowest BCUT2D eigenvalue weighted by Gasteiger charge is -2.26. The van der Waals surface area contributed by atoms with Crippen LogP contribution >= 0.6 is 0 Å². The molecule has 2 aliphatic rings. The summed E-state index contributed by atoms with van der Waals surface area (Å²) in [5.41, 5.74) is 0.633. The number of ether oxygens (including phenoxy) is 9. The molecule has 0 spiro atoms. The molecular weight excluding hydrogens is 744 g/mol. The minimum absolute atomic E-state index is 0.171. The molecule has 312 valence electrons. The minimum atomic E-state index is -0.827. The molecule has 0 aliphatic heterocycles. The number of hydrogen-bond donors (Lipinski definition) is 1. The number of aliphatic carboxylic acids is 1. The number of carboxylic acid groups (broad SMARTS) is 1. The molecule has 0 atom stereocenters. The van der Waals surface area contributed by atoms with Crippen molar-refractivity contribution in [3.05, 3.63) is 60.7 Å². The normalized spacial score (nSPS) is 19.2. The molecule has 2 aromatic rings. The first-order valence-corrected chi connectivity index (χ1v) is 19.4. The topological polar surface area (TPSA) is 189 Å². The lowest BCUT2D eigenvalue weighted by Crippen LogP contribution is -2.30. The Morgan fingerprint density at radius 1 is 0.561 bits per heavy atom. The summed E-state index contributed by atoms with van der Waals surface area (Å²) in [5.74, 6) is -2.13. The molecular formula is C42H54O15. The second kappa shape index (κ2) is 24.7. The van der Waals surface area contributed by atoms with Gasteiger partial charge < -0.3 is 47.7 Å². The van der Waals surface area contributed by atoms with Crippen molar-refractivity contribution in [2.24, 2.45) is 23.7 Å². The monoisotopic (exact) mass is 798 g/mol. The quantitative estimate of drug-likeness (QED) is 0.0625. The van der Waals surface area contributed by atoms with E-state index in [9.17, 15) is 29.1 Å². The average molecular weight is 799 g/mol. The summed E-state index contributed by atoms with van der Waals surface area (Å²) >= 11 is 0. The van der Waals surface area contributed by atoms with Gasteiger partial charge in [0.15, 0.2) is 0 Å². The fraction of sp³-hybridized carbons (Fsp3) is 0.548. The van der Waals surface area contributed by atoms with Gasteiger partial charge in [0.05, 0.1) is 76.5 Å². The number of carbonyl (C=O) groups excluding carboxylic acids is 4. The fourth-order valence-corrected chi connectivity index (χ4v) is 6.38. The van der Waals surface area contributed by atoms with Gasteiger partial charge in [-0.25, -0.2) is 4.79 Å². The molecule has 0 heterocycles. The van der Waals surface area contributed by atoms with E-state index in [0.717, 1.165) is 6.08 Å². The molecule has 2 saturated carbocycles. The molecule has 0 saturated heterocycles. The Hall–Kier alpha value is -4.83. The van der Waals surface area contributed by atoms with Gasteiger partial charge in [0, 0.05) is 6.08 Å². The smallest absolute Gasteiger partial charge is 0.330 e. The van der Waals surface area contributed by atoms with Crippen molar-refractivity contribution in [1.82, 2.24) is 0 Å². The van der Waals surface area contributed by atoms with Crippen LogP contribution in [0.2, 0.25) is 0 Å². The van der Waals surface area contributed by atoms with Crippen LogP contribution in [0.3, 0.4) is 0 Å². The van der Waals surface area contributed by atoms with Gasteiger partial charge in [-0.15, -0.1) is 0 Å². The van der Waals surface area contributed by atoms with Crippen LogP contribution in [0, 0.1) is 30.6 Å². The zero-order chi connectivity index (χ0) is 40.8. The van der Waals surface area contributed by atoms with Gasteiger partial charge in [-0.2, -0.15) is 0 Å². The fourth-order valence-electron chi connectivity index (χ4n) is 6.38. The largest absolute Gasteiger partial charge is 0.491 e. The summed E-state index contributed by atoms with van der Waals surface area (Å²) in [6.45, 7) is 8.70. The SMILES string of the molecule is C=CC(=O)OCCOCCOCCOCCOCCOc1ccc(OC(=O)C2CCC(C(=O)Oc3ccc(OC(=O)C4CCC(C(=O)O)CC4)c(C)c3)CC2)cc1. The average Bonchev–Trinajstić information content (AvgIpc) is 3.22. The minimum Gasteiger partial charge on any atom is -0.491 e. The molecule has 15 heteroatoms. The van der Waals surface area contributed by atoms with Crippen LogP contribution in [0.4, 0.5) is 0 Å². The molecule has 0 bridgehead atoms. The Morgan fingerprint density at radius 3 is 1.44 bits per heavy atom. The van der Waals surface area contributed by atoms with Gasteiger partial charge in [0.25, 0.3) is 0 Å². The summed E-state index contributed by atoms with van der Waals surface area (Å²) in [5, 5.41) is 9.19. The number of benzene rings is 2. The second-order valence-corrected chi connectivity index (χ2v) is 13.8. The van der Waals surface area contributed by atoms with Gasteiger partial charge in [-0.05, 0) is 106 Å². The maximum Gasteiger partial charge on any atom is 0.330 e. The van der Waals surface area contributed by atoms with E-state index in [4.69, 9.17) is 42.6 Å². The van der Waals surface area contributed by atoms with Crippen molar-refractivity contribution in [1.29, 1.82) is 0 Å². The Bertz CT molecular complexity index is 1590. The van der Waals surface area contributed by atoms with Crippen LogP contribution in [0.1, 0.15) is 56.9 Å². The first-order valence-electron chi connectivity index (χ1n) is 19.4. The molecule has 2 aliphatic carbocycles. The molecule has 4 rings (SSSR count). The van der Waals surface area contributed by atoms with Crippen molar-refractivity contribution < 1.29 is 71.7 Å². The summed E-state index contributed by atoms with van der Waals surface area (Å²) in [6.07, 6.45) is 4.92. The van der Waals surface area contributed by atoms with Gasteiger partial charge in [0.1, 0.15) is 36.2 Å². The maximum atomic E-state index is 13.0. The van der Waals surface area contributed by atoms with Crippen LogP contribution in [0.25, 0.3) is 0 Å². The van der Waals surface area contributed by atoms with Crippen LogP contribution < -0.4 is 18.9 Å². The Kier molecular flexibility index (Phi) is 19.5. The molecule has 57 heavy (non-hydrogen) atoms. The Labute approximate surface area is 332 Å². The van der Waals surface area contributed by atoms with Crippen molar-refractivity contribution in [3.63, 3.8) is 0 Å². The van der Waals surface area contributed by atoms with Crippen molar-refractivity contribution in [2.75, 3.05) is 66.1 Å². The molecule has 0 radical (unpaired) electrons. The zero-order valence-corrected chi connectivity index (χ0v) is 32.5. The first kappa shape index (κ1) is 44.9. The van der Waals surface area contributed by atoms with Crippen molar-refractivity contribution in [3.8, 4) is 23.0 Å². The van der Waals surface area contributed by atoms with Crippen LogP contribution in [0.15, 0.2) is 55.1 Å². The lowest BCUT2D eigenvalue weighted by molar-refractivity contribution is -0.146. The third-order valence-electron chi connectivity index (χ3n) is 9.67. The standard InChI is InChI=1S/C42H54O15/c1-3-38(43)54-27-25-52-23-21-50-19-18-49-20-22-51-24-26-53-34-12-14-35(15-13-34)55-40(46)31-8-10-32(11-9-31)41(47)56-36-16-17-37(29(2)28-36)57-42(48)33-6-4-30(5-7-33)39(44)45/h3,12-17,28,30-33H,1,4-11,18-27H2,2H3,(H,44,45). The highest BCUT2D eigenvalue weighted by atomic mass is 16.6. The van der Waals surface area contributed by atoms with E-state index in [2.05, 4.69) is 6.58 Å². The van der Waals surface area contributed by atoms with E-state index in [1.165, 1.54) is 0 Å². The lowest BCUT2D eigenvalue weighted by atomic mass is 9.82. The molecule has 0 unspecified atom stereocenters. The Balaban J connectivity index is 1.02. The maximum absolute atomic E-state index is 13.0. The summed E-state index contributed by atoms with van der Waals surface area (Å²) in [6, 6.07) is 11.6.